The minimum Gasteiger partial charge on any atom is -0.220 e. The third kappa shape index (κ3) is 2.88. The van der Waals surface area contributed by atoms with Crippen LogP contribution in [-0.2, 0) is 11.0 Å². The molecule has 0 amide bonds. The van der Waals surface area contributed by atoms with E-state index in [4.69, 9.17) is 0 Å². The molecule has 0 N–H and O–H groups in total. The van der Waals surface area contributed by atoms with Gasteiger partial charge in [0.05, 0.1) is 5.56 Å². The van der Waals surface area contributed by atoms with E-state index >= 15 is 0 Å². The van der Waals surface area contributed by atoms with Gasteiger partial charge in [0.25, 0.3) is 5.82 Å². The molecule has 4 rings (SSSR count). The van der Waals surface area contributed by atoms with Crippen LogP contribution >= 0.6 is 0 Å². The van der Waals surface area contributed by atoms with Gasteiger partial charge in [0, 0.05) is 16.5 Å². The van der Waals surface area contributed by atoms with Crippen molar-refractivity contribution >= 4 is 0 Å². The molecular formula is C30H39N2+. The Kier molecular flexibility index (Phi) is 5.69. The van der Waals surface area contributed by atoms with Crippen molar-refractivity contribution in [2.24, 2.45) is 0 Å². The van der Waals surface area contributed by atoms with Gasteiger partial charge in [-0.1, -0.05) is 91.4 Å². The van der Waals surface area contributed by atoms with Gasteiger partial charge in [0.15, 0.2) is 0 Å². The fourth-order valence-electron chi connectivity index (χ4n) is 6.13. The summed E-state index contributed by atoms with van der Waals surface area (Å²) >= 11 is 0. The highest BCUT2D eigenvalue weighted by Crippen LogP contribution is 2.51. The third-order valence-corrected chi connectivity index (χ3v) is 8.14. The molecule has 2 unspecified atom stereocenters. The summed E-state index contributed by atoms with van der Waals surface area (Å²) in [6.45, 7) is 20.6. The molecule has 0 bridgehead atoms. The highest BCUT2D eigenvalue weighted by atomic mass is 15.2. The van der Waals surface area contributed by atoms with Gasteiger partial charge >= 0.3 is 0 Å². The third-order valence-electron chi connectivity index (χ3n) is 8.14. The zero-order valence-electron chi connectivity index (χ0n) is 20.9. The summed E-state index contributed by atoms with van der Waals surface area (Å²) in [4.78, 5) is 0. The summed E-state index contributed by atoms with van der Waals surface area (Å²) in [7, 11) is 0. The van der Waals surface area contributed by atoms with Gasteiger partial charge in [0.2, 0.25) is 0 Å². The van der Waals surface area contributed by atoms with Gasteiger partial charge in [-0.15, -0.1) is 0 Å². The van der Waals surface area contributed by atoms with E-state index in [2.05, 4.69) is 125 Å². The van der Waals surface area contributed by atoms with Crippen molar-refractivity contribution in [2.45, 2.75) is 84.1 Å². The number of hydrogen-bond donors (Lipinski definition) is 0. The van der Waals surface area contributed by atoms with E-state index < -0.39 is 0 Å². The molecule has 1 aliphatic heterocycles. The lowest BCUT2D eigenvalue weighted by atomic mass is 9.60. The number of fused-ring (bicyclic) bond motifs is 3. The molecule has 0 radical (unpaired) electrons. The zero-order valence-corrected chi connectivity index (χ0v) is 20.9. The van der Waals surface area contributed by atoms with Crippen LogP contribution in [0.5, 0.6) is 0 Å². The first kappa shape index (κ1) is 22.6. The Morgan fingerprint density at radius 1 is 0.938 bits per heavy atom. The number of allylic oxidation sites excluding steroid dienone is 1. The molecule has 2 heteroatoms. The standard InChI is InChI=1S/C30H39N2/c1-9-29(8)26-18-13-12-15-25(26)28-31(19-20-32(28)30(29,10-2)11-3)27-23(21(4)5)16-14-17-24(27)22(6)7/h10,12-22H,2,9,11H2,1,3-8H3/q+1. The van der Waals surface area contributed by atoms with E-state index in [1.165, 1.54) is 33.8 Å². The largest absolute Gasteiger partial charge is 0.295 e. The summed E-state index contributed by atoms with van der Waals surface area (Å²) in [5.41, 5.74) is 6.70. The molecular weight excluding hydrogens is 388 g/mol. The van der Waals surface area contributed by atoms with Crippen LogP contribution in [0, 0.1) is 0 Å². The van der Waals surface area contributed by atoms with Crippen LogP contribution in [0.4, 0.5) is 0 Å². The Labute approximate surface area is 194 Å². The summed E-state index contributed by atoms with van der Waals surface area (Å²) in [6.07, 6.45) is 8.85. The van der Waals surface area contributed by atoms with Crippen molar-refractivity contribution < 1.29 is 4.57 Å². The second-order valence-corrected chi connectivity index (χ2v) is 10.2. The van der Waals surface area contributed by atoms with Gasteiger partial charge in [0.1, 0.15) is 23.6 Å². The van der Waals surface area contributed by atoms with Crippen LogP contribution in [0.15, 0.2) is 67.5 Å². The molecule has 2 atom stereocenters. The number of imidazole rings is 1. The lowest BCUT2D eigenvalue weighted by Crippen LogP contribution is -2.67. The fraction of sp³-hybridized carbons (Fsp3) is 0.433. The van der Waals surface area contributed by atoms with E-state index in [0.29, 0.717) is 11.8 Å². The van der Waals surface area contributed by atoms with Gasteiger partial charge in [-0.25, -0.2) is 4.57 Å². The first-order valence-corrected chi connectivity index (χ1v) is 12.3. The van der Waals surface area contributed by atoms with Gasteiger partial charge < -0.3 is 0 Å². The molecule has 0 saturated heterocycles. The molecule has 168 valence electrons. The minimum atomic E-state index is -0.179. The van der Waals surface area contributed by atoms with Gasteiger partial charge in [-0.05, 0) is 42.4 Å². The van der Waals surface area contributed by atoms with Crippen LogP contribution in [0.3, 0.4) is 0 Å². The minimum absolute atomic E-state index is 0.0254. The van der Waals surface area contributed by atoms with Crippen molar-refractivity contribution in [1.29, 1.82) is 0 Å². The summed E-state index contributed by atoms with van der Waals surface area (Å²) < 4.78 is 4.99. The van der Waals surface area contributed by atoms with Crippen LogP contribution < -0.4 is 4.57 Å². The van der Waals surface area contributed by atoms with Crippen LogP contribution in [0.25, 0.3) is 17.1 Å². The molecule has 1 aromatic heterocycles. The SMILES string of the molecule is C=CC1(CC)[n+]2ccn(-c3c(C(C)C)cccc3C(C)C)c2-c2ccccc2C1(C)CC. The quantitative estimate of drug-likeness (QED) is 0.282. The smallest absolute Gasteiger partial charge is 0.220 e. The molecule has 0 saturated carbocycles. The maximum absolute atomic E-state index is 4.39. The molecule has 1 aliphatic rings. The highest BCUT2D eigenvalue weighted by Gasteiger charge is 2.56. The maximum atomic E-state index is 4.39. The Bertz CT molecular complexity index is 1120. The second kappa shape index (κ2) is 8.06. The van der Waals surface area contributed by atoms with E-state index in [9.17, 15) is 0 Å². The van der Waals surface area contributed by atoms with Crippen LogP contribution in [0.1, 0.15) is 89.8 Å². The Morgan fingerprint density at radius 2 is 1.56 bits per heavy atom. The van der Waals surface area contributed by atoms with Crippen molar-refractivity contribution in [2.75, 3.05) is 0 Å². The summed E-state index contributed by atoms with van der Waals surface area (Å²) in [5.74, 6) is 2.16. The fourth-order valence-corrected chi connectivity index (χ4v) is 6.13. The number of para-hydroxylation sites is 1. The van der Waals surface area contributed by atoms with E-state index in [1.807, 2.05) is 0 Å². The van der Waals surface area contributed by atoms with Crippen molar-refractivity contribution in [3.63, 3.8) is 0 Å². The highest BCUT2D eigenvalue weighted by molar-refractivity contribution is 5.67. The zero-order chi connectivity index (χ0) is 23.3. The predicted octanol–water partition coefficient (Wildman–Crippen LogP) is 7.65. The first-order valence-electron chi connectivity index (χ1n) is 12.3. The Balaban J connectivity index is 2.16. The monoisotopic (exact) mass is 427 g/mol. The normalized spacial score (nSPS) is 22.2. The molecule has 2 heterocycles. The average Bonchev–Trinajstić information content (AvgIpc) is 3.24. The van der Waals surface area contributed by atoms with E-state index in [0.717, 1.165) is 12.8 Å². The molecule has 2 aromatic carbocycles. The Morgan fingerprint density at radius 3 is 2.09 bits per heavy atom. The van der Waals surface area contributed by atoms with Crippen molar-refractivity contribution in [3.8, 4) is 17.1 Å². The predicted molar refractivity (Wildman–Crippen MR) is 136 cm³/mol. The van der Waals surface area contributed by atoms with E-state index in [1.54, 1.807) is 0 Å². The number of nitrogens with zero attached hydrogens (tertiary/aromatic N) is 2. The maximum Gasteiger partial charge on any atom is 0.295 e. The number of rotatable bonds is 6. The topological polar surface area (TPSA) is 8.81 Å². The van der Waals surface area contributed by atoms with Gasteiger partial charge in [-0.2, -0.15) is 4.57 Å². The van der Waals surface area contributed by atoms with Crippen molar-refractivity contribution in [1.82, 2.24) is 4.57 Å². The molecule has 32 heavy (non-hydrogen) atoms. The average molecular weight is 428 g/mol. The molecule has 3 aromatic rings. The lowest BCUT2D eigenvalue weighted by molar-refractivity contribution is -0.755. The Hall–Kier alpha value is -2.61. The first-order chi connectivity index (χ1) is 15.3. The van der Waals surface area contributed by atoms with Crippen LogP contribution in [0.2, 0.25) is 0 Å². The number of aromatic nitrogens is 2. The molecule has 0 aliphatic carbocycles. The second-order valence-electron chi connectivity index (χ2n) is 10.2. The molecule has 2 nitrogen and oxygen atoms in total. The number of hydrogen-bond acceptors (Lipinski definition) is 0. The molecule has 0 fully saturated rings. The molecule has 0 spiro atoms. The lowest BCUT2D eigenvalue weighted by Gasteiger charge is -2.48. The summed E-state index contributed by atoms with van der Waals surface area (Å²) in [5, 5.41) is 0. The van der Waals surface area contributed by atoms with Gasteiger partial charge in [-0.3, -0.25) is 0 Å². The van der Waals surface area contributed by atoms with Crippen LogP contribution in [-0.4, -0.2) is 4.57 Å². The van der Waals surface area contributed by atoms with E-state index in [-0.39, 0.29) is 11.0 Å². The van der Waals surface area contributed by atoms with Crippen molar-refractivity contribution in [3.05, 3.63) is 84.2 Å². The summed E-state index contributed by atoms with van der Waals surface area (Å²) in [6, 6.07) is 15.8. The number of benzene rings is 2.